The number of aryl methyl sites for hydroxylation is 2. The lowest BCUT2D eigenvalue weighted by atomic mass is 10.1. The van der Waals surface area contributed by atoms with Crippen LogP contribution < -0.4 is 9.46 Å². The number of methoxy groups -OCH3 is 1. The normalized spacial score (nSPS) is 11.5. The molecule has 0 bridgehead atoms. The average molecular weight is 387 g/mol. The van der Waals surface area contributed by atoms with Gasteiger partial charge in [0.2, 0.25) is 21.7 Å². The summed E-state index contributed by atoms with van der Waals surface area (Å²) in [5.41, 5.74) is 2.61. The van der Waals surface area contributed by atoms with E-state index >= 15 is 0 Å². The summed E-state index contributed by atoms with van der Waals surface area (Å²) in [4.78, 5) is 4.53. The number of rotatable bonds is 7. The van der Waals surface area contributed by atoms with E-state index in [0.29, 0.717) is 29.4 Å². The minimum atomic E-state index is -3.63. The standard InChI is InChI=1S/C19H21N3O4S/c1-13-4-6-15(7-5-13)19-21-18(26-22-19)10-11-20-27(23,24)17-9-8-16(25-3)12-14(17)2/h4-9,12,20H,10-11H2,1-3H3. The van der Waals surface area contributed by atoms with Gasteiger partial charge in [0, 0.05) is 18.5 Å². The first-order valence-corrected chi connectivity index (χ1v) is 9.91. The number of sulfonamides is 1. The molecule has 27 heavy (non-hydrogen) atoms. The highest BCUT2D eigenvalue weighted by molar-refractivity contribution is 7.89. The summed E-state index contributed by atoms with van der Waals surface area (Å²) >= 11 is 0. The molecule has 0 amide bonds. The van der Waals surface area contributed by atoms with E-state index in [2.05, 4.69) is 14.9 Å². The second-order valence-corrected chi connectivity index (χ2v) is 7.89. The molecule has 2 aromatic carbocycles. The van der Waals surface area contributed by atoms with Crippen LogP contribution in [-0.4, -0.2) is 32.2 Å². The molecule has 3 rings (SSSR count). The highest BCUT2D eigenvalue weighted by Gasteiger charge is 2.17. The Morgan fingerprint density at radius 1 is 1.11 bits per heavy atom. The van der Waals surface area contributed by atoms with Crippen molar-refractivity contribution in [1.82, 2.24) is 14.9 Å². The lowest BCUT2D eigenvalue weighted by Crippen LogP contribution is -2.26. The summed E-state index contributed by atoms with van der Waals surface area (Å²) in [6.45, 7) is 3.88. The number of benzene rings is 2. The van der Waals surface area contributed by atoms with E-state index in [1.165, 1.54) is 13.2 Å². The van der Waals surface area contributed by atoms with Gasteiger partial charge in [0.15, 0.2) is 0 Å². The Hall–Kier alpha value is -2.71. The zero-order valence-corrected chi connectivity index (χ0v) is 16.2. The van der Waals surface area contributed by atoms with E-state index in [0.717, 1.165) is 11.1 Å². The molecule has 0 atom stereocenters. The molecule has 0 aliphatic heterocycles. The Morgan fingerprint density at radius 3 is 2.52 bits per heavy atom. The highest BCUT2D eigenvalue weighted by atomic mass is 32.2. The van der Waals surface area contributed by atoms with Crippen LogP contribution in [0.5, 0.6) is 5.75 Å². The summed E-state index contributed by atoms with van der Waals surface area (Å²) in [7, 11) is -2.09. The number of hydrogen-bond donors (Lipinski definition) is 1. The Bertz CT molecular complexity index is 1030. The van der Waals surface area contributed by atoms with Crippen molar-refractivity contribution < 1.29 is 17.7 Å². The molecule has 0 saturated heterocycles. The maximum atomic E-state index is 12.5. The summed E-state index contributed by atoms with van der Waals surface area (Å²) in [5.74, 6) is 1.47. The molecule has 0 aliphatic carbocycles. The van der Waals surface area contributed by atoms with Crippen LogP contribution in [0, 0.1) is 13.8 Å². The van der Waals surface area contributed by atoms with Gasteiger partial charge in [-0.05, 0) is 37.6 Å². The zero-order valence-electron chi connectivity index (χ0n) is 15.4. The van der Waals surface area contributed by atoms with Crippen LogP contribution in [-0.2, 0) is 16.4 Å². The fraction of sp³-hybridized carbons (Fsp3) is 0.263. The molecule has 1 heterocycles. The lowest BCUT2D eigenvalue weighted by molar-refractivity contribution is 0.379. The number of hydrogen-bond acceptors (Lipinski definition) is 6. The van der Waals surface area contributed by atoms with Crippen LogP contribution in [0.2, 0.25) is 0 Å². The molecule has 0 fully saturated rings. The Labute approximate surface area is 158 Å². The van der Waals surface area contributed by atoms with Crippen LogP contribution in [0.4, 0.5) is 0 Å². The molecule has 1 N–H and O–H groups in total. The van der Waals surface area contributed by atoms with Gasteiger partial charge >= 0.3 is 0 Å². The molecule has 7 nitrogen and oxygen atoms in total. The second-order valence-electron chi connectivity index (χ2n) is 6.16. The Balaban J connectivity index is 1.63. The van der Waals surface area contributed by atoms with Crippen molar-refractivity contribution in [3.8, 4) is 17.1 Å². The highest BCUT2D eigenvalue weighted by Crippen LogP contribution is 2.21. The van der Waals surface area contributed by atoms with Crippen LogP contribution in [0.15, 0.2) is 51.9 Å². The molecule has 8 heteroatoms. The van der Waals surface area contributed by atoms with Crippen molar-refractivity contribution >= 4 is 10.0 Å². The molecular weight excluding hydrogens is 366 g/mol. The number of nitrogens with one attached hydrogen (secondary N) is 1. The Kier molecular flexibility index (Phi) is 5.57. The van der Waals surface area contributed by atoms with Gasteiger partial charge in [0.1, 0.15) is 5.75 Å². The molecule has 1 aromatic heterocycles. The van der Waals surface area contributed by atoms with Gasteiger partial charge in [-0.1, -0.05) is 35.0 Å². The monoisotopic (exact) mass is 387 g/mol. The summed E-state index contributed by atoms with van der Waals surface area (Å²) in [5, 5.41) is 3.95. The van der Waals surface area contributed by atoms with E-state index in [4.69, 9.17) is 9.26 Å². The fourth-order valence-corrected chi connectivity index (χ4v) is 3.85. The zero-order chi connectivity index (χ0) is 19.4. The first-order valence-electron chi connectivity index (χ1n) is 8.43. The third kappa shape index (κ3) is 4.53. The first kappa shape index (κ1) is 19.1. The third-order valence-electron chi connectivity index (χ3n) is 4.08. The molecule has 3 aromatic rings. The predicted molar refractivity (Wildman–Crippen MR) is 101 cm³/mol. The van der Waals surface area contributed by atoms with E-state index < -0.39 is 10.0 Å². The number of aromatic nitrogens is 2. The summed E-state index contributed by atoms with van der Waals surface area (Å²) in [6.07, 6.45) is 0.299. The van der Waals surface area contributed by atoms with Gasteiger partial charge in [-0.25, -0.2) is 13.1 Å². The van der Waals surface area contributed by atoms with Crippen molar-refractivity contribution in [2.75, 3.05) is 13.7 Å². The van der Waals surface area contributed by atoms with Crippen molar-refractivity contribution in [1.29, 1.82) is 0 Å². The molecule has 0 radical (unpaired) electrons. The molecule has 0 spiro atoms. The van der Waals surface area contributed by atoms with Gasteiger partial charge in [0.05, 0.1) is 12.0 Å². The molecule has 0 unspecified atom stereocenters. The minimum Gasteiger partial charge on any atom is -0.497 e. The van der Waals surface area contributed by atoms with Crippen molar-refractivity contribution in [2.45, 2.75) is 25.2 Å². The average Bonchev–Trinajstić information content (AvgIpc) is 3.10. The van der Waals surface area contributed by atoms with Crippen molar-refractivity contribution in [3.05, 3.63) is 59.5 Å². The van der Waals surface area contributed by atoms with Gasteiger partial charge in [-0.15, -0.1) is 0 Å². The third-order valence-corrected chi connectivity index (χ3v) is 5.70. The van der Waals surface area contributed by atoms with Gasteiger partial charge in [-0.3, -0.25) is 0 Å². The minimum absolute atomic E-state index is 0.156. The van der Waals surface area contributed by atoms with E-state index in [9.17, 15) is 8.42 Å². The first-order chi connectivity index (χ1) is 12.9. The van der Waals surface area contributed by atoms with Gasteiger partial charge in [0.25, 0.3) is 0 Å². The molecule has 0 aliphatic rings. The largest absolute Gasteiger partial charge is 0.497 e. The van der Waals surface area contributed by atoms with Crippen LogP contribution in [0.25, 0.3) is 11.4 Å². The quantitative estimate of drug-likeness (QED) is 0.670. The lowest BCUT2D eigenvalue weighted by Gasteiger charge is -2.09. The maximum Gasteiger partial charge on any atom is 0.240 e. The van der Waals surface area contributed by atoms with Crippen LogP contribution in [0.1, 0.15) is 17.0 Å². The molecule has 0 saturated carbocycles. The topological polar surface area (TPSA) is 94.3 Å². The van der Waals surface area contributed by atoms with E-state index in [1.54, 1.807) is 19.1 Å². The molecular formula is C19H21N3O4S. The van der Waals surface area contributed by atoms with Gasteiger partial charge in [-0.2, -0.15) is 4.98 Å². The van der Waals surface area contributed by atoms with Crippen molar-refractivity contribution in [2.24, 2.45) is 0 Å². The summed E-state index contributed by atoms with van der Waals surface area (Å²) in [6, 6.07) is 12.6. The SMILES string of the molecule is COc1ccc(S(=O)(=O)NCCc2nc(-c3ccc(C)cc3)no2)c(C)c1. The van der Waals surface area contributed by atoms with Crippen LogP contribution in [0.3, 0.4) is 0 Å². The number of nitrogens with zero attached hydrogens (tertiary/aromatic N) is 2. The van der Waals surface area contributed by atoms with Gasteiger partial charge < -0.3 is 9.26 Å². The fourth-order valence-electron chi connectivity index (χ4n) is 2.60. The predicted octanol–water partition coefficient (Wildman–Crippen LogP) is 2.88. The number of ether oxygens (including phenoxy) is 1. The summed E-state index contributed by atoms with van der Waals surface area (Å²) < 4.78 is 37.8. The van der Waals surface area contributed by atoms with E-state index in [1.807, 2.05) is 31.2 Å². The Morgan fingerprint density at radius 2 is 1.85 bits per heavy atom. The van der Waals surface area contributed by atoms with E-state index in [-0.39, 0.29) is 11.4 Å². The smallest absolute Gasteiger partial charge is 0.240 e. The maximum absolute atomic E-state index is 12.5. The second kappa shape index (κ2) is 7.89. The molecule has 142 valence electrons. The van der Waals surface area contributed by atoms with Crippen LogP contribution >= 0.6 is 0 Å². The van der Waals surface area contributed by atoms with Crippen molar-refractivity contribution in [3.63, 3.8) is 0 Å².